The number of amides is 2. The molecule has 1 saturated heterocycles. The number of rotatable bonds is 5. The molecule has 0 radical (unpaired) electrons. The molecular weight excluding hydrogens is 338 g/mol. The molecule has 0 saturated carbocycles. The van der Waals surface area contributed by atoms with Crippen LogP contribution in [0.1, 0.15) is 18.4 Å². The van der Waals surface area contributed by atoms with Gasteiger partial charge in [-0.3, -0.25) is 9.59 Å². The minimum Gasteiger partial charge on any atom is -0.375 e. The summed E-state index contributed by atoms with van der Waals surface area (Å²) in [5, 5.41) is 6.44. The van der Waals surface area contributed by atoms with Crippen molar-refractivity contribution >= 4 is 40.5 Å². The van der Waals surface area contributed by atoms with Crippen LogP contribution in [0.3, 0.4) is 0 Å². The van der Waals surface area contributed by atoms with E-state index in [2.05, 4.69) is 10.6 Å². The summed E-state index contributed by atoms with van der Waals surface area (Å²) in [4.78, 5) is 25.6. The fraction of sp³-hybridized carbons (Fsp3) is 0.263. The van der Waals surface area contributed by atoms with Gasteiger partial charge >= 0.3 is 0 Å². The van der Waals surface area contributed by atoms with Crippen LogP contribution in [0, 0.1) is 6.92 Å². The highest BCUT2D eigenvalue weighted by Crippen LogP contribution is 2.24. The van der Waals surface area contributed by atoms with E-state index in [4.69, 9.17) is 11.6 Å². The summed E-state index contributed by atoms with van der Waals surface area (Å²) in [6, 6.07) is 12.9. The Labute approximate surface area is 152 Å². The second kappa shape index (κ2) is 7.57. The summed E-state index contributed by atoms with van der Waals surface area (Å²) in [6.45, 7) is 2.84. The van der Waals surface area contributed by atoms with E-state index in [1.165, 1.54) is 0 Å². The molecule has 2 aromatic carbocycles. The molecule has 0 spiro atoms. The Hall–Kier alpha value is -2.53. The van der Waals surface area contributed by atoms with Crippen LogP contribution < -0.4 is 15.5 Å². The molecule has 0 aromatic heterocycles. The lowest BCUT2D eigenvalue weighted by Gasteiger charge is -2.16. The van der Waals surface area contributed by atoms with Crippen LogP contribution >= 0.6 is 11.6 Å². The number of hydrogen-bond acceptors (Lipinski definition) is 3. The van der Waals surface area contributed by atoms with Crippen molar-refractivity contribution in [1.29, 1.82) is 0 Å². The molecule has 2 N–H and O–H groups in total. The van der Waals surface area contributed by atoms with Gasteiger partial charge in [-0.2, -0.15) is 0 Å². The molecule has 0 aliphatic carbocycles. The Balaban J connectivity index is 1.55. The highest BCUT2D eigenvalue weighted by Gasteiger charge is 2.21. The predicted octanol–water partition coefficient (Wildman–Crippen LogP) is 3.83. The van der Waals surface area contributed by atoms with Gasteiger partial charge in [-0.05, 0) is 55.3 Å². The smallest absolute Gasteiger partial charge is 0.243 e. The highest BCUT2D eigenvalue weighted by molar-refractivity contribution is 6.33. The summed E-state index contributed by atoms with van der Waals surface area (Å²) in [5.41, 5.74) is 3.35. The van der Waals surface area contributed by atoms with Crippen molar-refractivity contribution in [3.05, 3.63) is 53.1 Å². The quantitative estimate of drug-likeness (QED) is 0.855. The van der Waals surface area contributed by atoms with Gasteiger partial charge in [-0.25, -0.2) is 0 Å². The Morgan fingerprint density at radius 1 is 1.20 bits per heavy atom. The zero-order valence-electron chi connectivity index (χ0n) is 14.0. The molecule has 2 amide bonds. The summed E-state index contributed by atoms with van der Waals surface area (Å²) < 4.78 is 0. The van der Waals surface area contributed by atoms with Crippen molar-refractivity contribution in [2.45, 2.75) is 19.8 Å². The zero-order valence-corrected chi connectivity index (χ0v) is 14.8. The van der Waals surface area contributed by atoms with Crippen LogP contribution in [-0.4, -0.2) is 24.9 Å². The van der Waals surface area contributed by atoms with Gasteiger partial charge in [0.05, 0.1) is 17.3 Å². The second-order valence-electron chi connectivity index (χ2n) is 6.08. The van der Waals surface area contributed by atoms with E-state index in [-0.39, 0.29) is 18.4 Å². The molecule has 130 valence electrons. The molecule has 1 heterocycles. The topological polar surface area (TPSA) is 61.4 Å². The average molecular weight is 358 g/mol. The van der Waals surface area contributed by atoms with Gasteiger partial charge in [0.2, 0.25) is 11.8 Å². The Bertz CT molecular complexity index is 790. The zero-order chi connectivity index (χ0) is 17.8. The molecule has 25 heavy (non-hydrogen) atoms. The Morgan fingerprint density at radius 2 is 1.96 bits per heavy atom. The Kier molecular flexibility index (Phi) is 5.24. The third-order valence-corrected chi connectivity index (χ3v) is 4.41. The highest BCUT2D eigenvalue weighted by atomic mass is 35.5. The van der Waals surface area contributed by atoms with E-state index < -0.39 is 0 Å². The number of aryl methyl sites for hydroxylation is 1. The molecule has 2 aromatic rings. The average Bonchev–Trinajstić information content (AvgIpc) is 3.01. The van der Waals surface area contributed by atoms with Gasteiger partial charge in [-0.15, -0.1) is 0 Å². The molecule has 6 heteroatoms. The van der Waals surface area contributed by atoms with Gasteiger partial charge in [0.1, 0.15) is 0 Å². The third kappa shape index (κ3) is 4.31. The fourth-order valence-corrected chi connectivity index (χ4v) is 3.09. The number of carbonyl (C=O) groups is 2. The SMILES string of the molecule is Cc1ccc(NCC(=O)Nc2ccc(N3CCCC3=O)cc2)c(Cl)c1. The van der Waals surface area contributed by atoms with Gasteiger partial charge < -0.3 is 15.5 Å². The first kappa shape index (κ1) is 17.3. The van der Waals surface area contributed by atoms with E-state index in [1.54, 1.807) is 17.0 Å². The number of nitrogens with zero attached hydrogens (tertiary/aromatic N) is 1. The first-order chi connectivity index (χ1) is 12.0. The van der Waals surface area contributed by atoms with E-state index >= 15 is 0 Å². The summed E-state index contributed by atoms with van der Waals surface area (Å²) in [7, 11) is 0. The van der Waals surface area contributed by atoms with Crippen LogP contribution in [0.5, 0.6) is 0 Å². The minimum absolute atomic E-state index is 0.120. The maximum absolute atomic E-state index is 12.1. The number of nitrogens with one attached hydrogen (secondary N) is 2. The normalized spacial score (nSPS) is 13.8. The van der Waals surface area contributed by atoms with Gasteiger partial charge in [0.25, 0.3) is 0 Å². The van der Waals surface area contributed by atoms with Crippen molar-refractivity contribution < 1.29 is 9.59 Å². The summed E-state index contributed by atoms with van der Waals surface area (Å²) >= 11 is 6.14. The Morgan fingerprint density at radius 3 is 2.60 bits per heavy atom. The summed E-state index contributed by atoms with van der Waals surface area (Å²) in [6.07, 6.45) is 1.50. The molecule has 1 fully saturated rings. The molecule has 0 unspecified atom stereocenters. The van der Waals surface area contributed by atoms with E-state index in [1.807, 2.05) is 37.3 Å². The lowest BCUT2D eigenvalue weighted by Crippen LogP contribution is -2.24. The number of carbonyl (C=O) groups excluding carboxylic acids is 2. The number of benzene rings is 2. The molecule has 3 rings (SSSR count). The van der Waals surface area contributed by atoms with Crippen LogP contribution in [-0.2, 0) is 9.59 Å². The maximum Gasteiger partial charge on any atom is 0.243 e. The molecule has 1 aliphatic rings. The molecule has 1 aliphatic heterocycles. The van der Waals surface area contributed by atoms with Crippen molar-refractivity contribution in [3.8, 4) is 0 Å². The first-order valence-corrected chi connectivity index (χ1v) is 8.61. The van der Waals surface area contributed by atoms with Gasteiger partial charge in [-0.1, -0.05) is 17.7 Å². The molecule has 0 atom stereocenters. The lowest BCUT2D eigenvalue weighted by atomic mass is 10.2. The van der Waals surface area contributed by atoms with Crippen molar-refractivity contribution in [2.75, 3.05) is 28.6 Å². The number of anilines is 3. The molecule has 5 nitrogen and oxygen atoms in total. The van der Waals surface area contributed by atoms with Crippen molar-refractivity contribution in [1.82, 2.24) is 0 Å². The van der Waals surface area contributed by atoms with Crippen LogP contribution in [0.4, 0.5) is 17.1 Å². The largest absolute Gasteiger partial charge is 0.375 e. The monoisotopic (exact) mass is 357 g/mol. The van der Waals surface area contributed by atoms with Crippen LogP contribution in [0.2, 0.25) is 5.02 Å². The maximum atomic E-state index is 12.1. The van der Waals surface area contributed by atoms with Gasteiger partial charge in [0.15, 0.2) is 0 Å². The van der Waals surface area contributed by atoms with Crippen LogP contribution in [0.25, 0.3) is 0 Å². The van der Waals surface area contributed by atoms with E-state index in [9.17, 15) is 9.59 Å². The number of hydrogen-bond donors (Lipinski definition) is 2. The van der Waals surface area contributed by atoms with Gasteiger partial charge in [0, 0.05) is 24.3 Å². The minimum atomic E-state index is -0.165. The van der Waals surface area contributed by atoms with Crippen LogP contribution in [0.15, 0.2) is 42.5 Å². The first-order valence-electron chi connectivity index (χ1n) is 8.23. The third-order valence-electron chi connectivity index (χ3n) is 4.10. The van der Waals surface area contributed by atoms with Crippen molar-refractivity contribution in [3.63, 3.8) is 0 Å². The van der Waals surface area contributed by atoms with E-state index in [0.29, 0.717) is 17.1 Å². The fourth-order valence-electron chi connectivity index (χ4n) is 2.79. The summed E-state index contributed by atoms with van der Waals surface area (Å²) in [5.74, 6) is -0.0161. The second-order valence-corrected chi connectivity index (χ2v) is 6.49. The lowest BCUT2D eigenvalue weighted by molar-refractivity contribution is -0.117. The predicted molar refractivity (Wildman–Crippen MR) is 101 cm³/mol. The number of halogens is 1. The van der Waals surface area contributed by atoms with E-state index in [0.717, 1.165) is 29.9 Å². The molecule has 0 bridgehead atoms. The standard InChI is InChI=1S/C19H20ClN3O2/c1-13-4-9-17(16(20)11-13)21-12-18(24)22-14-5-7-15(8-6-14)23-10-2-3-19(23)25/h4-9,11,21H,2-3,10,12H2,1H3,(H,22,24). The van der Waals surface area contributed by atoms with Crippen molar-refractivity contribution in [2.24, 2.45) is 0 Å². The molecular formula is C19H20ClN3O2.